The van der Waals surface area contributed by atoms with E-state index < -0.39 is 18.0 Å². The monoisotopic (exact) mass is 395 g/mol. The standard InChI is InChI=1S/C22H25N3O4/c1-14-7-8-15(2)20(11-14)29-10-9-23-22(28)25-19(21(26)27)12-16-13-24-18-6-4-3-5-17(16)18/h3-8,11,13,19,24H,9-10,12H2,1-2H3,(H,26,27)(H2,23,25,28)/t19-/m1/s1. The molecule has 1 atom stereocenters. The van der Waals surface area contributed by atoms with Crippen molar-refractivity contribution in [2.75, 3.05) is 13.2 Å². The molecular formula is C22H25N3O4. The van der Waals surface area contributed by atoms with Crippen molar-refractivity contribution >= 4 is 22.9 Å². The van der Waals surface area contributed by atoms with Gasteiger partial charge in [-0.1, -0.05) is 30.3 Å². The lowest BCUT2D eigenvalue weighted by molar-refractivity contribution is -0.139. The van der Waals surface area contributed by atoms with E-state index in [-0.39, 0.29) is 19.6 Å². The summed E-state index contributed by atoms with van der Waals surface area (Å²) in [5, 5.41) is 15.6. The number of rotatable bonds is 8. The average molecular weight is 395 g/mol. The first-order valence-corrected chi connectivity index (χ1v) is 9.46. The van der Waals surface area contributed by atoms with Gasteiger partial charge in [-0.05, 0) is 42.7 Å². The molecule has 2 aromatic carbocycles. The van der Waals surface area contributed by atoms with E-state index in [1.54, 1.807) is 6.20 Å². The Bertz CT molecular complexity index is 1010. The van der Waals surface area contributed by atoms with Crippen molar-refractivity contribution in [2.24, 2.45) is 0 Å². The van der Waals surface area contributed by atoms with E-state index in [4.69, 9.17) is 4.74 Å². The molecule has 2 amide bonds. The second-order valence-corrected chi connectivity index (χ2v) is 6.97. The smallest absolute Gasteiger partial charge is 0.326 e. The zero-order chi connectivity index (χ0) is 20.8. The number of nitrogens with one attached hydrogen (secondary N) is 3. The fraction of sp³-hybridized carbons (Fsp3) is 0.273. The van der Waals surface area contributed by atoms with Crippen molar-refractivity contribution < 1.29 is 19.4 Å². The molecular weight excluding hydrogens is 370 g/mol. The van der Waals surface area contributed by atoms with Gasteiger partial charge >= 0.3 is 12.0 Å². The minimum atomic E-state index is -1.09. The van der Waals surface area contributed by atoms with Crippen LogP contribution in [-0.4, -0.2) is 41.3 Å². The lowest BCUT2D eigenvalue weighted by Gasteiger charge is -2.15. The highest BCUT2D eigenvalue weighted by molar-refractivity contribution is 5.86. The van der Waals surface area contributed by atoms with Gasteiger partial charge in [0.1, 0.15) is 18.4 Å². The number of hydrogen-bond acceptors (Lipinski definition) is 3. The summed E-state index contributed by atoms with van der Waals surface area (Å²) in [5.41, 5.74) is 3.88. The molecule has 3 rings (SSSR count). The lowest BCUT2D eigenvalue weighted by atomic mass is 10.1. The molecule has 0 radical (unpaired) electrons. The number of benzene rings is 2. The number of carboxylic acid groups (broad SMARTS) is 1. The number of aryl methyl sites for hydroxylation is 2. The number of urea groups is 1. The number of carbonyl (C=O) groups excluding carboxylic acids is 1. The van der Waals surface area contributed by atoms with Gasteiger partial charge in [-0.25, -0.2) is 9.59 Å². The van der Waals surface area contributed by atoms with Crippen molar-refractivity contribution in [3.8, 4) is 5.75 Å². The van der Waals surface area contributed by atoms with E-state index >= 15 is 0 Å². The summed E-state index contributed by atoms with van der Waals surface area (Å²) in [5.74, 6) is -0.313. The van der Waals surface area contributed by atoms with Crippen LogP contribution in [0.4, 0.5) is 4.79 Å². The highest BCUT2D eigenvalue weighted by Gasteiger charge is 2.21. The molecule has 1 aromatic heterocycles. The third-order valence-corrected chi connectivity index (χ3v) is 4.69. The van der Waals surface area contributed by atoms with Gasteiger partial charge < -0.3 is 25.5 Å². The molecule has 0 aliphatic heterocycles. The molecule has 0 bridgehead atoms. The molecule has 152 valence electrons. The maximum Gasteiger partial charge on any atom is 0.326 e. The minimum Gasteiger partial charge on any atom is -0.491 e. The van der Waals surface area contributed by atoms with Gasteiger partial charge in [-0.15, -0.1) is 0 Å². The summed E-state index contributed by atoms with van der Waals surface area (Å²) < 4.78 is 5.69. The van der Waals surface area contributed by atoms with E-state index in [2.05, 4.69) is 15.6 Å². The third-order valence-electron chi connectivity index (χ3n) is 4.69. The maximum atomic E-state index is 12.1. The van der Waals surface area contributed by atoms with E-state index in [1.165, 1.54) is 0 Å². The Kier molecular flexibility index (Phi) is 6.39. The number of H-pyrrole nitrogens is 1. The predicted octanol–water partition coefficient (Wildman–Crippen LogP) is 3.16. The molecule has 0 saturated heterocycles. The number of aromatic amines is 1. The number of para-hydroxylation sites is 1. The SMILES string of the molecule is Cc1ccc(C)c(OCCNC(=O)N[C@H](Cc2c[nH]c3ccccc23)C(=O)O)c1. The molecule has 0 fully saturated rings. The van der Waals surface area contributed by atoms with E-state index in [0.29, 0.717) is 0 Å². The summed E-state index contributed by atoms with van der Waals surface area (Å²) in [6.45, 7) is 4.49. The van der Waals surface area contributed by atoms with Crippen LogP contribution < -0.4 is 15.4 Å². The van der Waals surface area contributed by atoms with Gasteiger partial charge in [-0.3, -0.25) is 0 Å². The molecule has 4 N–H and O–H groups in total. The quantitative estimate of drug-likeness (QED) is 0.440. The van der Waals surface area contributed by atoms with Crippen LogP contribution in [0.15, 0.2) is 48.7 Å². The van der Waals surface area contributed by atoms with E-state index in [0.717, 1.165) is 33.3 Å². The predicted molar refractivity (Wildman–Crippen MR) is 111 cm³/mol. The minimum absolute atomic E-state index is 0.186. The molecule has 3 aromatic rings. The number of fused-ring (bicyclic) bond motifs is 1. The number of hydrogen-bond donors (Lipinski definition) is 4. The summed E-state index contributed by atoms with van der Waals surface area (Å²) in [6, 6.07) is 12.0. The number of aliphatic carboxylic acids is 1. The summed E-state index contributed by atoms with van der Waals surface area (Å²) in [4.78, 5) is 26.9. The van der Waals surface area contributed by atoms with Gasteiger partial charge in [-0.2, -0.15) is 0 Å². The van der Waals surface area contributed by atoms with Crippen LogP contribution in [0.1, 0.15) is 16.7 Å². The highest BCUT2D eigenvalue weighted by Crippen LogP contribution is 2.20. The zero-order valence-corrected chi connectivity index (χ0v) is 16.5. The van der Waals surface area contributed by atoms with Crippen LogP contribution in [0, 0.1) is 13.8 Å². The van der Waals surface area contributed by atoms with Crippen LogP contribution >= 0.6 is 0 Å². The second kappa shape index (κ2) is 9.14. The third kappa shape index (κ3) is 5.28. The number of carboxylic acids is 1. The summed E-state index contributed by atoms with van der Waals surface area (Å²) >= 11 is 0. The lowest BCUT2D eigenvalue weighted by Crippen LogP contribution is -2.47. The fourth-order valence-electron chi connectivity index (χ4n) is 3.12. The van der Waals surface area contributed by atoms with Crippen molar-refractivity contribution in [1.29, 1.82) is 0 Å². The van der Waals surface area contributed by atoms with E-state index in [1.807, 2.05) is 56.3 Å². The van der Waals surface area contributed by atoms with Crippen molar-refractivity contribution in [3.63, 3.8) is 0 Å². The number of aromatic nitrogens is 1. The summed E-state index contributed by atoms with van der Waals surface area (Å²) in [6.07, 6.45) is 1.96. The molecule has 0 aliphatic rings. The normalized spacial score (nSPS) is 11.8. The first-order chi connectivity index (χ1) is 13.9. The molecule has 0 aliphatic carbocycles. The Morgan fingerprint density at radius 3 is 2.76 bits per heavy atom. The van der Waals surface area contributed by atoms with Crippen molar-refractivity contribution in [3.05, 3.63) is 65.4 Å². The second-order valence-electron chi connectivity index (χ2n) is 6.97. The highest BCUT2D eigenvalue weighted by atomic mass is 16.5. The maximum absolute atomic E-state index is 12.1. The van der Waals surface area contributed by atoms with Gasteiger partial charge in [0.05, 0.1) is 6.54 Å². The van der Waals surface area contributed by atoms with Crippen LogP contribution in [0.25, 0.3) is 10.9 Å². The first-order valence-electron chi connectivity index (χ1n) is 9.46. The number of amides is 2. The van der Waals surface area contributed by atoms with Crippen LogP contribution in [-0.2, 0) is 11.2 Å². The average Bonchev–Trinajstić information content (AvgIpc) is 3.10. The van der Waals surface area contributed by atoms with E-state index in [9.17, 15) is 14.7 Å². The van der Waals surface area contributed by atoms with Gasteiger partial charge in [0.25, 0.3) is 0 Å². The topological polar surface area (TPSA) is 103 Å². The number of carbonyl (C=O) groups is 2. The Labute approximate surface area is 169 Å². The van der Waals surface area contributed by atoms with Gasteiger partial charge in [0, 0.05) is 23.5 Å². The van der Waals surface area contributed by atoms with Crippen LogP contribution in [0.2, 0.25) is 0 Å². The van der Waals surface area contributed by atoms with Crippen LogP contribution in [0.5, 0.6) is 5.75 Å². The van der Waals surface area contributed by atoms with Crippen LogP contribution in [0.3, 0.4) is 0 Å². The fourth-order valence-corrected chi connectivity index (χ4v) is 3.12. The van der Waals surface area contributed by atoms with Gasteiger partial charge in [0.15, 0.2) is 0 Å². The van der Waals surface area contributed by atoms with Crippen molar-refractivity contribution in [1.82, 2.24) is 15.6 Å². The Morgan fingerprint density at radius 1 is 1.17 bits per heavy atom. The summed E-state index contributed by atoms with van der Waals surface area (Å²) in [7, 11) is 0. The molecule has 0 unspecified atom stereocenters. The number of ether oxygens (including phenoxy) is 1. The molecule has 0 saturated carbocycles. The van der Waals surface area contributed by atoms with Crippen molar-refractivity contribution in [2.45, 2.75) is 26.3 Å². The van der Waals surface area contributed by atoms with Gasteiger partial charge in [0.2, 0.25) is 0 Å². The zero-order valence-electron chi connectivity index (χ0n) is 16.5. The molecule has 7 heteroatoms. The Hall–Kier alpha value is -3.48. The largest absolute Gasteiger partial charge is 0.491 e. The first kappa shape index (κ1) is 20.3. The Morgan fingerprint density at radius 2 is 1.97 bits per heavy atom. The molecule has 7 nitrogen and oxygen atoms in total. The molecule has 29 heavy (non-hydrogen) atoms. The molecule has 0 spiro atoms. The Balaban J connectivity index is 1.51. The molecule has 1 heterocycles.